The van der Waals surface area contributed by atoms with Crippen LogP contribution < -0.4 is 4.90 Å². The second-order valence-corrected chi connectivity index (χ2v) is 6.67. The van der Waals surface area contributed by atoms with E-state index in [1.54, 1.807) is 0 Å². The molecule has 0 unspecified atom stereocenters. The zero-order valence-electron chi connectivity index (χ0n) is 14.3. The fraction of sp³-hybridized carbons (Fsp3) is 0.368. The highest BCUT2D eigenvalue weighted by molar-refractivity contribution is 5.83. The molecule has 0 fully saturated rings. The monoisotopic (exact) mass is 321 g/mol. The van der Waals surface area contributed by atoms with Crippen molar-refractivity contribution < 1.29 is 0 Å². The van der Waals surface area contributed by atoms with Gasteiger partial charge < -0.3 is 9.88 Å². The molecule has 1 aliphatic rings. The molecular formula is C19H23N5. The van der Waals surface area contributed by atoms with Crippen molar-refractivity contribution >= 4 is 16.9 Å². The van der Waals surface area contributed by atoms with Crippen molar-refractivity contribution in [2.24, 2.45) is 0 Å². The number of aromatic amines is 1. The van der Waals surface area contributed by atoms with Gasteiger partial charge in [0.05, 0.1) is 5.69 Å². The Labute approximate surface area is 142 Å². The van der Waals surface area contributed by atoms with Crippen LogP contribution in [0.3, 0.4) is 0 Å². The molecule has 1 N–H and O–H groups in total. The summed E-state index contributed by atoms with van der Waals surface area (Å²) >= 11 is 0. The van der Waals surface area contributed by atoms with Crippen molar-refractivity contribution in [2.75, 3.05) is 32.1 Å². The smallest absolute Gasteiger partial charge is 0.225 e. The molecule has 124 valence electrons. The maximum absolute atomic E-state index is 4.68. The summed E-state index contributed by atoms with van der Waals surface area (Å²) in [5.74, 6) is 0.806. The van der Waals surface area contributed by atoms with E-state index in [1.165, 1.54) is 27.7 Å². The Morgan fingerprint density at radius 1 is 1.25 bits per heavy atom. The van der Waals surface area contributed by atoms with Crippen LogP contribution in [0.15, 0.2) is 36.7 Å². The van der Waals surface area contributed by atoms with E-state index in [0.29, 0.717) is 0 Å². The summed E-state index contributed by atoms with van der Waals surface area (Å²) in [5, 5.41) is 1.34. The molecule has 0 saturated heterocycles. The molecule has 1 aromatic carbocycles. The van der Waals surface area contributed by atoms with E-state index >= 15 is 0 Å². The number of para-hydroxylation sites is 1. The van der Waals surface area contributed by atoms with E-state index in [-0.39, 0.29) is 0 Å². The van der Waals surface area contributed by atoms with Crippen LogP contribution in [0.4, 0.5) is 5.95 Å². The summed E-state index contributed by atoms with van der Waals surface area (Å²) in [6, 6.07) is 8.52. The van der Waals surface area contributed by atoms with Gasteiger partial charge in [0.2, 0.25) is 5.95 Å². The lowest BCUT2D eigenvalue weighted by Gasteiger charge is -2.28. The number of fused-ring (bicyclic) bond motifs is 2. The van der Waals surface area contributed by atoms with Gasteiger partial charge in [-0.15, -0.1) is 0 Å². The lowest BCUT2D eigenvalue weighted by atomic mass is 10.1. The van der Waals surface area contributed by atoms with Crippen molar-refractivity contribution in [2.45, 2.75) is 19.4 Å². The molecule has 0 spiro atoms. The number of H-pyrrole nitrogens is 1. The number of nitrogens with one attached hydrogen (secondary N) is 1. The topological polar surface area (TPSA) is 48.1 Å². The Morgan fingerprint density at radius 3 is 3.00 bits per heavy atom. The third kappa shape index (κ3) is 2.87. The Balaban J connectivity index is 1.44. The lowest BCUT2D eigenvalue weighted by molar-refractivity contribution is 0.255. The Kier molecular flexibility index (Phi) is 3.94. The zero-order valence-corrected chi connectivity index (χ0v) is 14.3. The molecule has 1 aliphatic heterocycles. The summed E-state index contributed by atoms with van der Waals surface area (Å²) < 4.78 is 0. The molecule has 0 aliphatic carbocycles. The molecule has 0 bridgehead atoms. The predicted molar refractivity (Wildman–Crippen MR) is 97.3 cm³/mol. The van der Waals surface area contributed by atoms with Crippen molar-refractivity contribution in [3.8, 4) is 0 Å². The van der Waals surface area contributed by atoms with Crippen LogP contribution in [0.25, 0.3) is 10.9 Å². The van der Waals surface area contributed by atoms with E-state index in [0.717, 1.165) is 38.4 Å². The first-order valence-corrected chi connectivity index (χ1v) is 8.50. The molecule has 0 saturated carbocycles. The summed E-state index contributed by atoms with van der Waals surface area (Å²) in [7, 11) is 3.97. The van der Waals surface area contributed by atoms with Crippen molar-refractivity contribution in [1.29, 1.82) is 0 Å². The average Bonchev–Trinajstić information content (AvgIpc) is 3.02. The molecule has 3 aromatic rings. The number of hydrogen-bond donors (Lipinski definition) is 1. The van der Waals surface area contributed by atoms with E-state index in [4.69, 9.17) is 0 Å². The summed E-state index contributed by atoms with van der Waals surface area (Å²) in [6.07, 6.45) is 6.22. The van der Waals surface area contributed by atoms with Gasteiger partial charge in [0.25, 0.3) is 0 Å². The molecule has 0 amide bonds. The summed E-state index contributed by atoms with van der Waals surface area (Å²) in [4.78, 5) is 17.0. The second-order valence-electron chi connectivity index (χ2n) is 6.67. The number of anilines is 1. The maximum atomic E-state index is 4.68. The normalized spacial score (nSPS) is 14.8. The van der Waals surface area contributed by atoms with Crippen LogP contribution in [0.2, 0.25) is 0 Å². The largest absolute Gasteiger partial charge is 0.361 e. The molecule has 3 heterocycles. The van der Waals surface area contributed by atoms with Crippen LogP contribution in [0, 0.1) is 0 Å². The highest BCUT2D eigenvalue weighted by atomic mass is 15.2. The number of aromatic nitrogens is 3. The fourth-order valence-corrected chi connectivity index (χ4v) is 3.39. The minimum Gasteiger partial charge on any atom is -0.361 e. The highest BCUT2D eigenvalue weighted by Gasteiger charge is 2.19. The number of hydrogen-bond acceptors (Lipinski definition) is 4. The lowest BCUT2D eigenvalue weighted by Crippen LogP contribution is -2.33. The third-order valence-corrected chi connectivity index (χ3v) is 4.77. The summed E-state index contributed by atoms with van der Waals surface area (Å²) in [6.45, 7) is 3.08. The molecule has 5 nitrogen and oxygen atoms in total. The van der Waals surface area contributed by atoms with Crippen molar-refractivity contribution in [3.05, 3.63) is 53.5 Å². The van der Waals surface area contributed by atoms with Gasteiger partial charge in [-0.2, -0.15) is 0 Å². The molecule has 0 radical (unpaired) electrons. The predicted octanol–water partition coefficient (Wildman–Crippen LogP) is 2.62. The molecule has 0 atom stereocenters. The third-order valence-electron chi connectivity index (χ3n) is 4.77. The standard InChI is InChI=1S/C19H23N5/c1-23(2)19-21-12-15-13-24(10-8-17(15)22-19)9-7-14-11-20-18-6-4-3-5-16(14)18/h3-6,11-12,20H,7-10,13H2,1-2H3. The minimum absolute atomic E-state index is 0.806. The number of benzene rings is 1. The van der Waals surface area contributed by atoms with E-state index in [2.05, 4.69) is 50.3 Å². The summed E-state index contributed by atoms with van der Waals surface area (Å²) in [5.41, 5.74) is 5.10. The van der Waals surface area contributed by atoms with Crippen LogP contribution in [-0.4, -0.2) is 47.0 Å². The van der Waals surface area contributed by atoms with Crippen LogP contribution >= 0.6 is 0 Å². The van der Waals surface area contributed by atoms with Gasteiger partial charge in [-0.1, -0.05) is 18.2 Å². The highest BCUT2D eigenvalue weighted by Crippen LogP contribution is 2.21. The van der Waals surface area contributed by atoms with Crippen LogP contribution in [0.1, 0.15) is 16.8 Å². The quantitative estimate of drug-likeness (QED) is 0.802. The Hall–Kier alpha value is -2.40. The first-order chi connectivity index (χ1) is 11.7. The van der Waals surface area contributed by atoms with Crippen LogP contribution in [0.5, 0.6) is 0 Å². The van der Waals surface area contributed by atoms with Gasteiger partial charge in [-0.05, 0) is 18.1 Å². The average molecular weight is 321 g/mol. The molecular weight excluding hydrogens is 298 g/mol. The zero-order chi connectivity index (χ0) is 16.5. The number of rotatable bonds is 4. The van der Waals surface area contributed by atoms with E-state index in [9.17, 15) is 0 Å². The van der Waals surface area contributed by atoms with E-state index < -0.39 is 0 Å². The Bertz CT molecular complexity index is 852. The molecule has 2 aromatic heterocycles. The fourth-order valence-electron chi connectivity index (χ4n) is 3.39. The van der Waals surface area contributed by atoms with Gasteiger partial charge in [0.15, 0.2) is 0 Å². The molecule has 24 heavy (non-hydrogen) atoms. The first-order valence-electron chi connectivity index (χ1n) is 8.50. The van der Waals surface area contributed by atoms with Gasteiger partial charge in [-0.3, -0.25) is 4.90 Å². The second kappa shape index (κ2) is 6.24. The number of nitrogens with zero attached hydrogens (tertiary/aromatic N) is 4. The van der Waals surface area contributed by atoms with Crippen molar-refractivity contribution in [3.63, 3.8) is 0 Å². The Morgan fingerprint density at radius 2 is 2.12 bits per heavy atom. The minimum atomic E-state index is 0.806. The molecule has 4 rings (SSSR count). The van der Waals surface area contributed by atoms with Crippen LogP contribution in [-0.2, 0) is 19.4 Å². The van der Waals surface area contributed by atoms with E-state index in [1.807, 2.05) is 25.2 Å². The SMILES string of the molecule is CN(C)c1ncc2c(n1)CCN(CCc1c[nH]c3ccccc13)C2. The first kappa shape index (κ1) is 15.1. The van der Waals surface area contributed by atoms with Gasteiger partial charge in [0, 0.05) is 69.0 Å². The van der Waals surface area contributed by atoms with Gasteiger partial charge in [0.1, 0.15) is 0 Å². The van der Waals surface area contributed by atoms with Gasteiger partial charge in [-0.25, -0.2) is 9.97 Å². The van der Waals surface area contributed by atoms with Gasteiger partial charge >= 0.3 is 0 Å². The maximum Gasteiger partial charge on any atom is 0.225 e. The van der Waals surface area contributed by atoms with Crippen molar-refractivity contribution in [1.82, 2.24) is 19.9 Å². The molecule has 5 heteroatoms.